The van der Waals surface area contributed by atoms with Crippen molar-refractivity contribution in [3.63, 3.8) is 0 Å². The average molecular weight is 241 g/mol. The molecular formula is C14H31N3. The highest BCUT2D eigenvalue weighted by Gasteiger charge is 2.34. The molecule has 3 nitrogen and oxygen atoms in total. The van der Waals surface area contributed by atoms with Crippen LogP contribution in [0.5, 0.6) is 0 Å². The van der Waals surface area contributed by atoms with Gasteiger partial charge >= 0.3 is 0 Å². The van der Waals surface area contributed by atoms with Crippen LogP contribution >= 0.6 is 0 Å². The molecule has 3 heteroatoms. The van der Waals surface area contributed by atoms with E-state index < -0.39 is 0 Å². The summed E-state index contributed by atoms with van der Waals surface area (Å²) in [5.41, 5.74) is 0. The van der Waals surface area contributed by atoms with Gasteiger partial charge in [0.1, 0.15) is 0 Å². The van der Waals surface area contributed by atoms with Crippen LogP contribution < -0.4 is 5.32 Å². The Hall–Kier alpha value is -0.120. The standard InChI is InChI=1S/C14H31N3/c1-7-15-8-11(2)13(4)17-9-12(3)14(10-17)16(5)6/h11-15H,7-10H2,1-6H3. The van der Waals surface area contributed by atoms with E-state index in [4.69, 9.17) is 0 Å². The first-order valence-corrected chi connectivity index (χ1v) is 7.08. The Morgan fingerprint density at radius 2 is 1.94 bits per heavy atom. The van der Waals surface area contributed by atoms with E-state index in [1.54, 1.807) is 0 Å². The lowest BCUT2D eigenvalue weighted by Gasteiger charge is -2.30. The summed E-state index contributed by atoms with van der Waals surface area (Å²) in [6.07, 6.45) is 0. The summed E-state index contributed by atoms with van der Waals surface area (Å²) in [6.45, 7) is 14.0. The Labute approximate surface area is 108 Å². The van der Waals surface area contributed by atoms with Gasteiger partial charge in [-0.2, -0.15) is 0 Å². The molecule has 0 aromatic heterocycles. The second-order valence-corrected chi connectivity index (χ2v) is 5.99. The molecule has 1 heterocycles. The van der Waals surface area contributed by atoms with Gasteiger partial charge in [-0.05, 0) is 45.9 Å². The molecule has 4 unspecified atom stereocenters. The fourth-order valence-corrected chi connectivity index (χ4v) is 2.89. The van der Waals surface area contributed by atoms with E-state index in [2.05, 4.69) is 56.9 Å². The van der Waals surface area contributed by atoms with Crippen LogP contribution in [0.3, 0.4) is 0 Å². The van der Waals surface area contributed by atoms with Gasteiger partial charge in [-0.15, -0.1) is 0 Å². The summed E-state index contributed by atoms with van der Waals surface area (Å²) >= 11 is 0. The molecule has 0 radical (unpaired) electrons. The highest BCUT2D eigenvalue weighted by Crippen LogP contribution is 2.24. The third kappa shape index (κ3) is 3.94. The highest BCUT2D eigenvalue weighted by atomic mass is 15.3. The van der Waals surface area contributed by atoms with Crippen molar-refractivity contribution in [2.24, 2.45) is 11.8 Å². The van der Waals surface area contributed by atoms with E-state index in [0.717, 1.165) is 31.0 Å². The summed E-state index contributed by atoms with van der Waals surface area (Å²) < 4.78 is 0. The molecule has 0 spiro atoms. The van der Waals surface area contributed by atoms with Crippen LogP contribution in [0.1, 0.15) is 27.7 Å². The zero-order valence-electron chi connectivity index (χ0n) is 12.5. The lowest BCUT2D eigenvalue weighted by atomic mass is 10.0. The number of likely N-dealkylation sites (tertiary alicyclic amines) is 1. The molecule has 4 atom stereocenters. The lowest BCUT2D eigenvalue weighted by Crippen LogP contribution is -2.41. The van der Waals surface area contributed by atoms with E-state index in [1.165, 1.54) is 13.1 Å². The summed E-state index contributed by atoms with van der Waals surface area (Å²) in [4.78, 5) is 5.05. The smallest absolute Gasteiger partial charge is 0.0254 e. The molecule has 1 fully saturated rings. The monoisotopic (exact) mass is 241 g/mol. The highest BCUT2D eigenvalue weighted by molar-refractivity contribution is 4.90. The predicted octanol–water partition coefficient (Wildman–Crippen LogP) is 1.50. The summed E-state index contributed by atoms with van der Waals surface area (Å²) in [5.74, 6) is 1.52. The third-order valence-corrected chi connectivity index (χ3v) is 4.38. The second kappa shape index (κ2) is 6.72. The number of likely N-dealkylation sites (N-methyl/N-ethyl adjacent to an activating group) is 1. The van der Waals surface area contributed by atoms with Crippen molar-refractivity contribution < 1.29 is 0 Å². The van der Waals surface area contributed by atoms with E-state index in [0.29, 0.717) is 6.04 Å². The van der Waals surface area contributed by atoms with Crippen molar-refractivity contribution in [1.82, 2.24) is 15.1 Å². The molecule has 0 bridgehead atoms. The Morgan fingerprint density at radius 1 is 1.29 bits per heavy atom. The Kier molecular flexibility index (Phi) is 5.90. The van der Waals surface area contributed by atoms with Crippen molar-refractivity contribution >= 4 is 0 Å². The number of nitrogens with zero attached hydrogens (tertiary/aromatic N) is 2. The van der Waals surface area contributed by atoms with Crippen molar-refractivity contribution in [3.8, 4) is 0 Å². The second-order valence-electron chi connectivity index (χ2n) is 5.99. The number of hydrogen-bond acceptors (Lipinski definition) is 3. The third-order valence-electron chi connectivity index (χ3n) is 4.38. The van der Waals surface area contributed by atoms with E-state index in [9.17, 15) is 0 Å². The largest absolute Gasteiger partial charge is 0.317 e. The fourth-order valence-electron chi connectivity index (χ4n) is 2.89. The molecule has 1 N–H and O–H groups in total. The van der Waals surface area contributed by atoms with Gasteiger partial charge < -0.3 is 10.2 Å². The SMILES string of the molecule is CCNCC(C)C(C)N1CC(C)C(N(C)C)C1. The quantitative estimate of drug-likeness (QED) is 0.760. The molecule has 1 aliphatic heterocycles. The van der Waals surface area contributed by atoms with Gasteiger partial charge in [0, 0.05) is 25.2 Å². The molecule has 0 saturated carbocycles. The van der Waals surface area contributed by atoms with Crippen LogP contribution in [-0.2, 0) is 0 Å². The van der Waals surface area contributed by atoms with E-state index in [-0.39, 0.29) is 0 Å². The van der Waals surface area contributed by atoms with E-state index in [1.807, 2.05) is 0 Å². The summed E-state index contributed by atoms with van der Waals surface area (Å²) in [5, 5.41) is 3.46. The molecular weight excluding hydrogens is 210 g/mol. The van der Waals surface area contributed by atoms with Crippen molar-refractivity contribution in [2.45, 2.75) is 39.8 Å². The molecule has 17 heavy (non-hydrogen) atoms. The predicted molar refractivity (Wildman–Crippen MR) is 75.4 cm³/mol. The van der Waals surface area contributed by atoms with E-state index >= 15 is 0 Å². The fraction of sp³-hybridized carbons (Fsp3) is 1.00. The van der Waals surface area contributed by atoms with Crippen molar-refractivity contribution in [2.75, 3.05) is 40.3 Å². The van der Waals surface area contributed by atoms with Gasteiger partial charge in [0.15, 0.2) is 0 Å². The minimum absolute atomic E-state index is 0.682. The van der Waals surface area contributed by atoms with Crippen LogP contribution in [0.4, 0.5) is 0 Å². The zero-order valence-corrected chi connectivity index (χ0v) is 12.5. The summed E-state index contributed by atoms with van der Waals surface area (Å²) in [7, 11) is 4.41. The topological polar surface area (TPSA) is 18.5 Å². The maximum atomic E-state index is 3.46. The van der Waals surface area contributed by atoms with Gasteiger partial charge in [0.05, 0.1) is 0 Å². The molecule has 0 amide bonds. The lowest BCUT2D eigenvalue weighted by molar-refractivity contribution is 0.179. The van der Waals surface area contributed by atoms with Gasteiger partial charge in [0.2, 0.25) is 0 Å². The zero-order chi connectivity index (χ0) is 13.0. The summed E-state index contributed by atoms with van der Waals surface area (Å²) in [6, 6.07) is 1.41. The Bertz CT molecular complexity index is 218. The molecule has 0 aromatic carbocycles. The Balaban J connectivity index is 2.46. The Morgan fingerprint density at radius 3 is 2.41 bits per heavy atom. The molecule has 1 aliphatic rings. The molecule has 0 aromatic rings. The maximum absolute atomic E-state index is 3.46. The van der Waals surface area contributed by atoms with Crippen LogP contribution in [0.25, 0.3) is 0 Å². The van der Waals surface area contributed by atoms with Crippen LogP contribution in [0.15, 0.2) is 0 Å². The van der Waals surface area contributed by atoms with Crippen molar-refractivity contribution in [1.29, 1.82) is 0 Å². The number of hydrogen-bond donors (Lipinski definition) is 1. The van der Waals surface area contributed by atoms with Crippen LogP contribution in [-0.4, -0.2) is 62.2 Å². The average Bonchev–Trinajstić information content (AvgIpc) is 2.67. The van der Waals surface area contributed by atoms with Gasteiger partial charge in [-0.25, -0.2) is 0 Å². The first kappa shape index (κ1) is 14.9. The van der Waals surface area contributed by atoms with Gasteiger partial charge in [0.25, 0.3) is 0 Å². The minimum Gasteiger partial charge on any atom is -0.317 e. The number of rotatable bonds is 6. The molecule has 102 valence electrons. The van der Waals surface area contributed by atoms with Crippen molar-refractivity contribution in [3.05, 3.63) is 0 Å². The first-order chi connectivity index (χ1) is 7.97. The minimum atomic E-state index is 0.682. The maximum Gasteiger partial charge on any atom is 0.0254 e. The van der Waals surface area contributed by atoms with Crippen LogP contribution in [0, 0.1) is 11.8 Å². The molecule has 1 saturated heterocycles. The molecule has 1 rings (SSSR count). The molecule has 0 aliphatic carbocycles. The normalized spacial score (nSPS) is 29.8. The van der Waals surface area contributed by atoms with Gasteiger partial charge in [-0.1, -0.05) is 20.8 Å². The first-order valence-electron chi connectivity index (χ1n) is 7.08. The number of nitrogens with one attached hydrogen (secondary N) is 1. The van der Waals surface area contributed by atoms with Gasteiger partial charge in [-0.3, -0.25) is 4.90 Å². The van der Waals surface area contributed by atoms with Crippen LogP contribution in [0.2, 0.25) is 0 Å².